The summed E-state index contributed by atoms with van der Waals surface area (Å²) in [4.78, 5) is 12.0. The average Bonchev–Trinajstić information content (AvgIpc) is 3.11. The summed E-state index contributed by atoms with van der Waals surface area (Å²) in [6.07, 6.45) is 4.46. The molecular formula is C15H20FNO. The van der Waals surface area contributed by atoms with Gasteiger partial charge in [0.25, 0.3) is 5.91 Å². The summed E-state index contributed by atoms with van der Waals surface area (Å²) in [5.41, 5.74) is 0.976. The number of carbonyl (C=O) groups is 1. The zero-order chi connectivity index (χ0) is 13.1. The van der Waals surface area contributed by atoms with E-state index >= 15 is 0 Å². The molecule has 1 unspecified atom stereocenters. The quantitative estimate of drug-likeness (QED) is 0.851. The molecule has 1 aromatic carbocycles. The summed E-state index contributed by atoms with van der Waals surface area (Å²) >= 11 is 0. The van der Waals surface area contributed by atoms with E-state index in [1.165, 1.54) is 18.9 Å². The lowest BCUT2D eigenvalue weighted by Crippen LogP contribution is -2.35. The normalized spacial score (nSPS) is 16.4. The van der Waals surface area contributed by atoms with Crippen LogP contribution in [0.4, 0.5) is 4.39 Å². The number of rotatable bonds is 5. The minimum atomic E-state index is -0.436. The van der Waals surface area contributed by atoms with E-state index in [4.69, 9.17) is 0 Å². The molecule has 1 amide bonds. The molecule has 1 aromatic rings. The number of aryl methyl sites for hydroxylation is 1. The maximum Gasteiger partial charge on any atom is 0.254 e. The third-order valence-electron chi connectivity index (χ3n) is 3.51. The molecule has 1 saturated carbocycles. The van der Waals surface area contributed by atoms with Crippen LogP contribution in [-0.2, 0) is 0 Å². The van der Waals surface area contributed by atoms with Crippen molar-refractivity contribution in [3.63, 3.8) is 0 Å². The van der Waals surface area contributed by atoms with E-state index < -0.39 is 5.82 Å². The lowest BCUT2D eigenvalue weighted by molar-refractivity contribution is 0.0928. The minimum absolute atomic E-state index is 0.148. The van der Waals surface area contributed by atoms with Crippen molar-refractivity contribution in [2.24, 2.45) is 5.92 Å². The number of hydrogen-bond acceptors (Lipinski definition) is 1. The highest BCUT2D eigenvalue weighted by Gasteiger charge is 2.26. The van der Waals surface area contributed by atoms with Gasteiger partial charge >= 0.3 is 0 Å². The number of benzene rings is 1. The molecule has 0 aromatic heterocycles. The second-order valence-corrected chi connectivity index (χ2v) is 5.24. The van der Waals surface area contributed by atoms with Gasteiger partial charge in [-0.1, -0.05) is 25.8 Å². The maximum absolute atomic E-state index is 13.7. The van der Waals surface area contributed by atoms with Crippen LogP contribution in [0.25, 0.3) is 0 Å². The van der Waals surface area contributed by atoms with Crippen molar-refractivity contribution < 1.29 is 9.18 Å². The summed E-state index contributed by atoms with van der Waals surface area (Å²) < 4.78 is 13.7. The van der Waals surface area contributed by atoms with Crippen LogP contribution >= 0.6 is 0 Å². The van der Waals surface area contributed by atoms with Crippen LogP contribution < -0.4 is 5.32 Å². The highest BCUT2D eigenvalue weighted by molar-refractivity contribution is 5.94. The number of carbonyl (C=O) groups excluding carboxylic acids is 1. The predicted octanol–water partition coefficient (Wildman–Crippen LogP) is 3.44. The Morgan fingerprint density at radius 2 is 2.22 bits per heavy atom. The Balaban J connectivity index is 2.00. The molecule has 0 saturated heterocycles. The minimum Gasteiger partial charge on any atom is -0.349 e. The molecule has 1 fully saturated rings. The molecular weight excluding hydrogens is 229 g/mol. The van der Waals surface area contributed by atoms with Gasteiger partial charge in [0, 0.05) is 6.04 Å². The van der Waals surface area contributed by atoms with E-state index in [0.717, 1.165) is 24.3 Å². The fraction of sp³-hybridized carbons (Fsp3) is 0.533. The second kappa shape index (κ2) is 5.51. The Morgan fingerprint density at radius 1 is 1.50 bits per heavy atom. The molecule has 0 heterocycles. The first-order valence-electron chi connectivity index (χ1n) is 6.67. The first-order valence-corrected chi connectivity index (χ1v) is 6.67. The van der Waals surface area contributed by atoms with Crippen molar-refractivity contribution in [1.82, 2.24) is 5.32 Å². The molecule has 2 rings (SSSR count). The zero-order valence-electron chi connectivity index (χ0n) is 11.0. The molecule has 0 spiro atoms. The standard InChI is InChI=1S/C15H20FNO/c1-3-12(9-11-5-6-11)17-15(18)13-7-4-10(2)8-14(13)16/h4,7-8,11-12H,3,5-6,9H2,1-2H3,(H,17,18). The van der Waals surface area contributed by atoms with Gasteiger partial charge in [0.05, 0.1) is 5.56 Å². The van der Waals surface area contributed by atoms with E-state index in [0.29, 0.717) is 0 Å². The summed E-state index contributed by atoms with van der Waals surface area (Å²) in [5, 5.41) is 2.94. The molecule has 0 bridgehead atoms. The zero-order valence-corrected chi connectivity index (χ0v) is 11.0. The Bertz CT molecular complexity index is 440. The van der Waals surface area contributed by atoms with Crippen molar-refractivity contribution in [2.75, 3.05) is 0 Å². The lowest BCUT2D eigenvalue weighted by atomic mass is 10.1. The van der Waals surface area contributed by atoms with Crippen LogP contribution in [0.2, 0.25) is 0 Å². The first-order chi connectivity index (χ1) is 8.60. The van der Waals surface area contributed by atoms with Crippen LogP contribution in [0.5, 0.6) is 0 Å². The summed E-state index contributed by atoms with van der Waals surface area (Å²) in [7, 11) is 0. The Kier molecular flexibility index (Phi) is 4.00. The molecule has 98 valence electrons. The highest BCUT2D eigenvalue weighted by Crippen LogP contribution is 2.34. The van der Waals surface area contributed by atoms with Gasteiger partial charge in [-0.2, -0.15) is 0 Å². The van der Waals surface area contributed by atoms with Gasteiger partial charge in [-0.05, 0) is 43.4 Å². The lowest BCUT2D eigenvalue weighted by Gasteiger charge is -2.17. The van der Waals surface area contributed by atoms with Crippen molar-refractivity contribution in [1.29, 1.82) is 0 Å². The Labute approximate surface area is 108 Å². The van der Waals surface area contributed by atoms with Crippen molar-refractivity contribution in [2.45, 2.75) is 45.6 Å². The Hall–Kier alpha value is -1.38. The monoisotopic (exact) mass is 249 g/mol. The molecule has 3 heteroatoms. The van der Waals surface area contributed by atoms with E-state index in [1.54, 1.807) is 12.1 Å². The third-order valence-corrected chi connectivity index (χ3v) is 3.51. The van der Waals surface area contributed by atoms with E-state index in [-0.39, 0.29) is 17.5 Å². The molecule has 1 N–H and O–H groups in total. The molecule has 0 aliphatic heterocycles. The first kappa shape index (κ1) is 13.1. The van der Waals surface area contributed by atoms with Gasteiger partial charge < -0.3 is 5.32 Å². The SMILES string of the molecule is CCC(CC1CC1)NC(=O)c1ccc(C)cc1F. The smallest absolute Gasteiger partial charge is 0.254 e. The topological polar surface area (TPSA) is 29.1 Å². The number of halogens is 1. The van der Waals surface area contributed by atoms with Gasteiger partial charge in [-0.25, -0.2) is 4.39 Å². The van der Waals surface area contributed by atoms with Crippen LogP contribution in [0, 0.1) is 18.7 Å². The highest BCUT2D eigenvalue weighted by atomic mass is 19.1. The summed E-state index contributed by atoms with van der Waals surface area (Å²) in [6.45, 7) is 3.87. The van der Waals surface area contributed by atoms with Gasteiger partial charge in [0.15, 0.2) is 0 Å². The van der Waals surface area contributed by atoms with Crippen LogP contribution in [0.1, 0.15) is 48.5 Å². The molecule has 1 aliphatic rings. The van der Waals surface area contributed by atoms with Crippen LogP contribution in [-0.4, -0.2) is 11.9 Å². The van der Waals surface area contributed by atoms with E-state index in [2.05, 4.69) is 12.2 Å². The summed E-state index contributed by atoms with van der Waals surface area (Å²) in [6, 6.07) is 4.89. The number of amides is 1. The van der Waals surface area contributed by atoms with Crippen LogP contribution in [0.15, 0.2) is 18.2 Å². The van der Waals surface area contributed by atoms with E-state index in [1.807, 2.05) is 6.92 Å². The van der Waals surface area contributed by atoms with Crippen molar-refractivity contribution >= 4 is 5.91 Å². The predicted molar refractivity (Wildman–Crippen MR) is 70.0 cm³/mol. The molecule has 18 heavy (non-hydrogen) atoms. The fourth-order valence-corrected chi connectivity index (χ4v) is 2.15. The molecule has 1 aliphatic carbocycles. The van der Waals surface area contributed by atoms with E-state index in [9.17, 15) is 9.18 Å². The van der Waals surface area contributed by atoms with Crippen LogP contribution in [0.3, 0.4) is 0 Å². The largest absolute Gasteiger partial charge is 0.349 e. The third kappa shape index (κ3) is 3.31. The molecule has 1 atom stereocenters. The maximum atomic E-state index is 13.7. The number of hydrogen-bond donors (Lipinski definition) is 1. The number of nitrogens with one attached hydrogen (secondary N) is 1. The van der Waals surface area contributed by atoms with Gasteiger partial charge in [-0.15, -0.1) is 0 Å². The summed E-state index contributed by atoms with van der Waals surface area (Å²) in [5.74, 6) is 0.0342. The average molecular weight is 249 g/mol. The molecule has 2 nitrogen and oxygen atoms in total. The fourth-order valence-electron chi connectivity index (χ4n) is 2.15. The van der Waals surface area contributed by atoms with Gasteiger partial charge in [0.2, 0.25) is 0 Å². The second-order valence-electron chi connectivity index (χ2n) is 5.24. The van der Waals surface area contributed by atoms with Gasteiger partial charge in [-0.3, -0.25) is 4.79 Å². The Morgan fingerprint density at radius 3 is 2.78 bits per heavy atom. The van der Waals surface area contributed by atoms with Crippen molar-refractivity contribution in [3.05, 3.63) is 35.1 Å². The van der Waals surface area contributed by atoms with Gasteiger partial charge in [0.1, 0.15) is 5.82 Å². The molecule has 0 radical (unpaired) electrons. The van der Waals surface area contributed by atoms with Crippen molar-refractivity contribution in [3.8, 4) is 0 Å².